The van der Waals surface area contributed by atoms with Crippen LogP contribution >= 0.6 is 11.6 Å². The largest absolute Gasteiger partial charge is 0.307 e. The first-order valence-corrected chi connectivity index (χ1v) is 6.54. The van der Waals surface area contributed by atoms with Crippen LogP contribution in [0.5, 0.6) is 0 Å². The maximum absolute atomic E-state index is 6.10. The Morgan fingerprint density at radius 2 is 2.12 bits per heavy atom. The minimum absolute atomic E-state index is 0.128. The molecular weight excluding hydrogens is 218 g/mol. The van der Waals surface area contributed by atoms with E-state index in [4.69, 9.17) is 11.6 Å². The number of halogens is 1. The van der Waals surface area contributed by atoms with Gasteiger partial charge in [-0.15, -0.1) is 0 Å². The molecule has 0 spiro atoms. The first kappa shape index (κ1) is 11.9. The number of benzene rings is 1. The van der Waals surface area contributed by atoms with Crippen LogP contribution < -0.4 is 5.32 Å². The molecule has 1 fully saturated rings. The number of hydrogen-bond acceptors (Lipinski definition) is 1. The number of rotatable bonds is 2. The van der Waals surface area contributed by atoms with Crippen molar-refractivity contribution < 1.29 is 0 Å². The fraction of sp³-hybridized carbons (Fsp3) is 0.571. The second kappa shape index (κ2) is 4.77. The third-order valence-corrected chi connectivity index (χ3v) is 4.00. The molecule has 1 saturated heterocycles. The zero-order chi connectivity index (χ0) is 11.6. The maximum atomic E-state index is 6.10. The minimum Gasteiger partial charge on any atom is -0.307 e. The number of nitrogens with one attached hydrogen (secondary N) is 1. The van der Waals surface area contributed by atoms with Crippen molar-refractivity contribution >= 4 is 11.6 Å². The smallest absolute Gasteiger partial charge is 0.0458 e. The Morgan fingerprint density at radius 3 is 2.69 bits per heavy atom. The van der Waals surface area contributed by atoms with Crippen molar-refractivity contribution in [1.29, 1.82) is 0 Å². The fourth-order valence-corrected chi connectivity index (χ4v) is 2.96. The molecule has 0 bridgehead atoms. The predicted octanol–water partition coefficient (Wildman–Crippen LogP) is 3.96. The zero-order valence-electron chi connectivity index (χ0n) is 10.1. The molecule has 1 aliphatic rings. The quantitative estimate of drug-likeness (QED) is 0.821. The van der Waals surface area contributed by atoms with Crippen molar-refractivity contribution in [1.82, 2.24) is 5.32 Å². The van der Waals surface area contributed by atoms with E-state index >= 15 is 0 Å². The lowest BCUT2D eigenvalue weighted by Crippen LogP contribution is -2.49. The van der Waals surface area contributed by atoms with Gasteiger partial charge in [-0.2, -0.15) is 0 Å². The summed E-state index contributed by atoms with van der Waals surface area (Å²) in [5, 5.41) is 4.55. The van der Waals surface area contributed by atoms with E-state index < -0.39 is 0 Å². The van der Waals surface area contributed by atoms with Crippen LogP contribution in [0.1, 0.15) is 38.7 Å². The molecule has 2 rings (SSSR count). The Morgan fingerprint density at radius 1 is 1.31 bits per heavy atom. The van der Waals surface area contributed by atoms with E-state index in [0.29, 0.717) is 5.92 Å². The molecule has 0 saturated carbocycles. The van der Waals surface area contributed by atoms with Crippen LogP contribution in [0.2, 0.25) is 5.02 Å². The van der Waals surface area contributed by atoms with Gasteiger partial charge in [0, 0.05) is 10.6 Å². The van der Waals surface area contributed by atoms with E-state index in [0.717, 1.165) is 11.6 Å². The Hall–Kier alpha value is -0.530. The standard InChI is InChI=1S/C14H20ClN/c1-11(2)14(8-3-4-9-16-14)12-6-5-7-13(15)10-12/h5-7,10-11,16H,3-4,8-9H2,1-2H3. The van der Waals surface area contributed by atoms with Crippen molar-refractivity contribution in [2.24, 2.45) is 5.92 Å². The topological polar surface area (TPSA) is 12.0 Å². The third-order valence-electron chi connectivity index (χ3n) is 3.76. The van der Waals surface area contributed by atoms with Crippen LogP contribution in [0.3, 0.4) is 0 Å². The van der Waals surface area contributed by atoms with Gasteiger partial charge in [-0.05, 0) is 49.4 Å². The van der Waals surface area contributed by atoms with Crippen LogP contribution in [-0.4, -0.2) is 6.54 Å². The van der Waals surface area contributed by atoms with Crippen molar-refractivity contribution in [3.05, 3.63) is 34.9 Å². The van der Waals surface area contributed by atoms with E-state index in [1.54, 1.807) is 0 Å². The summed E-state index contributed by atoms with van der Waals surface area (Å²) in [4.78, 5) is 0. The Kier molecular flexibility index (Phi) is 3.56. The molecule has 1 unspecified atom stereocenters. The summed E-state index contributed by atoms with van der Waals surface area (Å²) < 4.78 is 0. The highest BCUT2D eigenvalue weighted by molar-refractivity contribution is 6.30. The van der Waals surface area contributed by atoms with Gasteiger partial charge in [0.15, 0.2) is 0 Å². The van der Waals surface area contributed by atoms with E-state index in [-0.39, 0.29) is 5.54 Å². The summed E-state index contributed by atoms with van der Waals surface area (Å²) in [6.07, 6.45) is 3.80. The van der Waals surface area contributed by atoms with E-state index in [1.807, 2.05) is 6.07 Å². The molecule has 16 heavy (non-hydrogen) atoms. The molecule has 0 aromatic heterocycles. The van der Waals surface area contributed by atoms with Gasteiger partial charge in [0.2, 0.25) is 0 Å². The Balaban J connectivity index is 2.38. The molecule has 1 aromatic carbocycles. The van der Waals surface area contributed by atoms with Crippen LogP contribution in [0, 0.1) is 5.92 Å². The third kappa shape index (κ3) is 2.11. The van der Waals surface area contributed by atoms with E-state index in [9.17, 15) is 0 Å². The lowest BCUT2D eigenvalue weighted by atomic mass is 9.74. The van der Waals surface area contributed by atoms with Gasteiger partial charge in [-0.3, -0.25) is 0 Å². The Bertz CT molecular complexity index is 354. The molecular formula is C14H20ClN. The monoisotopic (exact) mass is 237 g/mol. The molecule has 2 heteroatoms. The summed E-state index contributed by atoms with van der Waals surface area (Å²) in [5.41, 5.74) is 1.47. The highest BCUT2D eigenvalue weighted by Gasteiger charge is 2.36. The van der Waals surface area contributed by atoms with Gasteiger partial charge in [0.1, 0.15) is 0 Å². The van der Waals surface area contributed by atoms with Crippen molar-refractivity contribution in [2.45, 2.75) is 38.6 Å². The number of piperidine rings is 1. The van der Waals surface area contributed by atoms with Gasteiger partial charge in [0.25, 0.3) is 0 Å². The van der Waals surface area contributed by atoms with Gasteiger partial charge in [-0.25, -0.2) is 0 Å². The molecule has 1 aliphatic heterocycles. The van der Waals surface area contributed by atoms with Crippen LogP contribution in [0.25, 0.3) is 0 Å². The SMILES string of the molecule is CC(C)C1(c2cccc(Cl)c2)CCCCN1. The second-order valence-electron chi connectivity index (χ2n) is 5.02. The lowest BCUT2D eigenvalue weighted by Gasteiger charge is -2.42. The number of hydrogen-bond donors (Lipinski definition) is 1. The summed E-state index contributed by atoms with van der Waals surface area (Å²) in [6, 6.07) is 8.31. The summed E-state index contributed by atoms with van der Waals surface area (Å²) in [7, 11) is 0. The van der Waals surface area contributed by atoms with Gasteiger partial charge >= 0.3 is 0 Å². The van der Waals surface area contributed by atoms with E-state index in [1.165, 1.54) is 24.8 Å². The first-order chi connectivity index (χ1) is 7.65. The summed E-state index contributed by atoms with van der Waals surface area (Å²) >= 11 is 6.10. The van der Waals surface area contributed by atoms with E-state index in [2.05, 4.69) is 37.4 Å². The molecule has 1 atom stereocenters. The predicted molar refractivity (Wildman–Crippen MR) is 69.8 cm³/mol. The van der Waals surface area contributed by atoms with Crippen molar-refractivity contribution in [2.75, 3.05) is 6.54 Å². The van der Waals surface area contributed by atoms with Gasteiger partial charge in [-0.1, -0.05) is 37.6 Å². The molecule has 88 valence electrons. The molecule has 1 aromatic rings. The summed E-state index contributed by atoms with van der Waals surface area (Å²) in [6.45, 7) is 5.70. The average molecular weight is 238 g/mol. The molecule has 0 radical (unpaired) electrons. The van der Waals surface area contributed by atoms with Gasteiger partial charge in [0.05, 0.1) is 0 Å². The Labute approximate surface area is 103 Å². The van der Waals surface area contributed by atoms with Gasteiger partial charge < -0.3 is 5.32 Å². The highest BCUT2D eigenvalue weighted by atomic mass is 35.5. The lowest BCUT2D eigenvalue weighted by molar-refractivity contribution is 0.184. The zero-order valence-corrected chi connectivity index (χ0v) is 10.8. The maximum Gasteiger partial charge on any atom is 0.0458 e. The van der Waals surface area contributed by atoms with Crippen molar-refractivity contribution in [3.8, 4) is 0 Å². The fourth-order valence-electron chi connectivity index (χ4n) is 2.77. The second-order valence-corrected chi connectivity index (χ2v) is 5.46. The van der Waals surface area contributed by atoms with Crippen molar-refractivity contribution in [3.63, 3.8) is 0 Å². The molecule has 0 aliphatic carbocycles. The molecule has 1 N–H and O–H groups in total. The minimum atomic E-state index is 0.128. The molecule has 0 amide bonds. The van der Waals surface area contributed by atoms with Crippen LogP contribution in [-0.2, 0) is 5.54 Å². The molecule has 1 heterocycles. The first-order valence-electron chi connectivity index (χ1n) is 6.16. The summed E-state index contributed by atoms with van der Waals surface area (Å²) in [5.74, 6) is 0.589. The average Bonchev–Trinajstić information content (AvgIpc) is 2.30. The highest BCUT2D eigenvalue weighted by Crippen LogP contribution is 2.37. The van der Waals surface area contributed by atoms with Crippen LogP contribution in [0.15, 0.2) is 24.3 Å². The van der Waals surface area contributed by atoms with Crippen LogP contribution in [0.4, 0.5) is 0 Å². The normalized spacial score (nSPS) is 26.0. The molecule has 1 nitrogen and oxygen atoms in total.